The van der Waals surface area contributed by atoms with Gasteiger partial charge in [0.05, 0.1) is 0 Å². The van der Waals surface area contributed by atoms with Gasteiger partial charge < -0.3 is 0 Å². The van der Waals surface area contributed by atoms with Crippen LogP contribution in [0.1, 0.15) is 71.1 Å². The lowest BCUT2D eigenvalue weighted by molar-refractivity contribution is 0.592. The smallest absolute Gasteiger partial charge is 0.0240 e. The summed E-state index contributed by atoms with van der Waals surface area (Å²) >= 11 is 0. The lowest BCUT2D eigenvalue weighted by atomic mass is 10.1. The summed E-state index contributed by atoms with van der Waals surface area (Å²) in [7, 11) is 0. The molecule has 0 aromatic rings. The van der Waals surface area contributed by atoms with Gasteiger partial charge in [-0.1, -0.05) is 64.2 Å². The van der Waals surface area contributed by atoms with Gasteiger partial charge in [-0.3, -0.25) is 0 Å². The minimum absolute atomic E-state index is 1.08. The molecule has 0 bridgehead atoms. The third-order valence-electron chi connectivity index (χ3n) is 2.76. The van der Waals surface area contributed by atoms with Crippen LogP contribution in [0.2, 0.25) is 0 Å². The average Bonchev–Trinajstić information content (AvgIpc) is 2.31. The molecule has 0 aromatic heterocycles. The van der Waals surface area contributed by atoms with Crippen molar-refractivity contribution in [2.45, 2.75) is 71.1 Å². The quantitative estimate of drug-likeness (QED) is 0.234. The van der Waals surface area contributed by atoms with Crippen molar-refractivity contribution in [2.75, 3.05) is 0 Å². The molecule has 0 aliphatic heterocycles. The van der Waals surface area contributed by atoms with Crippen molar-refractivity contribution in [3.8, 4) is 0 Å². The van der Waals surface area contributed by atoms with Crippen LogP contribution in [0.5, 0.6) is 0 Å². The van der Waals surface area contributed by atoms with E-state index in [1.807, 2.05) is 6.08 Å². The molecule has 0 atom stereocenters. The van der Waals surface area contributed by atoms with E-state index < -0.39 is 0 Å². The maximum Gasteiger partial charge on any atom is -0.0240 e. The fourth-order valence-electron chi connectivity index (χ4n) is 1.74. The molecule has 0 aromatic carbocycles. The van der Waals surface area contributed by atoms with E-state index in [1.165, 1.54) is 51.4 Å². The van der Waals surface area contributed by atoms with Crippen LogP contribution in [0.25, 0.3) is 0 Å². The zero-order valence-corrected chi connectivity index (χ0v) is 11.0. The van der Waals surface area contributed by atoms with Crippen molar-refractivity contribution in [1.29, 1.82) is 0 Å². The molecule has 0 radical (unpaired) electrons. The van der Waals surface area contributed by atoms with Crippen LogP contribution < -0.4 is 0 Å². The van der Waals surface area contributed by atoms with Gasteiger partial charge in [-0.15, -0.1) is 5.73 Å². The van der Waals surface area contributed by atoms with Crippen molar-refractivity contribution >= 4 is 0 Å². The number of unbranched alkanes of at least 4 members (excludes halogenated alkanes) is 8. The average molecular weight is 220 g/mol. The van der Waals surface area contributed by atoms with E-state index in [0.29, 0.717) is 0 Å². The van der Waals surface area contributed by atoms with Crippen molar-refractivity contribution in [3.05, 3.63) is 30.5 Å². The molecule has 0 fully saturated rings. The monoisotopic (exact) mass is 220 g/mol. The topological polar surface area (TPSA) is 0 Å². The second-order valence-corrected chi connectivity index (χ2v) is 4.37. The largest absolute Gasteiger partial charge is 0.133 e. The highest BCUT2D eigenvalue weighted by Crippen LogP contribution is 2.08. The molecule has 0 amide bonds. The van der Waals surface area contributed by atoms with Gasteiger partial charge in [-0.05, 0) is 31.8 Å². The Balaban J connectivity index is 3.05. The van der Waals surface area contributed by atoms with Gasteiger partial charge >= 0.3 is 0 Å². The summed E-state index contributed by atoms with van der Waals surface area (Å²) in [6.45, 7) is 5.82. The summed E-state index contributed by atoms with van der Waals surface area (Å²) in [6.07, 6.45) is 19.9. The molecule has 0 saturated carbocycles. The summed E-state index contributed by atoms with van der Waals surface area (Å²) in [5.41, 5.74) is 2.79. The first kappa shape index (κ1) is 15.3. The maximum absolute atomic E-state index is 3.54. The summed E-state index contributed by atoms with van der Waals surface area (Å²) < 4.78 is 0. The molecule has 0 aliphatic carbocycles. The molecule has 0 nitrogen and oxygen atoms in total. The molecule has 0 unspecified atom stereocenters. The molecule has 0 saturated heterocycles. The third-order valence-corrected chi connectivity index (χ3v) is 2.76. The normalized spacial score (nSPS) is 10.6. The van der Waals surface area contributed by atoms with Crippen LogP contribution in [0.15, 0.2) is 30.5 Å². The molecule has 0 heterocycles. The Morgan fingerprint density at radius 3 is 2.12 bits per heavy atom. The molecule has 16 heavy (non-hydrogen) atoms. The Hall–Kier alpha value is -0.740. The molecule has 0 heteroatoms. The summed E-state index contributed by atoms with van der Waals surface area (Å²) in [5, 5.41) is 0. The van der Waals surface area contributed by atoms with E-state index in [1.54, 1.807) is 0 Å². The Morgan fingerprint density at radius 2 is 1.44 bits per heavy atom. The lowest BCUT2D eigenvalue weighted by Crippen LogP contribution is -1.78. The summed E-state index contributed by atoms with van der Waals surface area (Å²) in [4.78, 5) is 0. The summed E-state index contributed by atoms with van der Waals surface area (Å²) in [6, 6.07) is 0. The fourth-order valence-corrected chi connectivity index (χ4v) is 1.74. The number of hydrogen-bond donors (Lipinski definition) is 0. The molecule has 0 rings (SSSR count). The van der Waals surface area contributed by atoms with Crippen LogP contribution in [0.3, 0.4) is 0 Å². The van der Waals surface area contributed by atoms with Gasteiger partial charge in [-0.2, -0.15) is 0 Å². The predicted octanol–water partition coefficient (Wildman–Crippen LogP) is 5.80. The number of hydrogen-bond acceptors (Lipinski definition) is 0. The second kappa shape index (κ2) is 14.3. The first-order valence-corrected chi connectivity index (χ1v) is 6.91. The zero-order valence-electron chi connectivity index (χ0n) is 11.0. The van der Waals surface area contributed by atoms with Crippen LogP contribution >= 0.6 is 0 Å². The highest BCUT2D eigenvalue weighted by Gasteiger charge is 1.89. The predicted molar refractivity (Wildman–Crippen MR) is 74.7 cm³/mol. The number of rotatable bonds is 11. The fraction of sp³-hybridized carbons (Fsp3) is 0.688. The van der Waals surface area contributed by atoms with Crippen molar-refractivity contribution in [2.24, 2.45) is 0 Å². The number of allylic oxidation sites excluding steroid dienone is 3. The lowest BCUT2D eigenvalue weighted by Gasteiger charge is -1.98. The van der Waals surface area contributed by atoms with Crippen LogP contribution in [0, 0.1) is 0 Å². The van der Waals surface area contributed by atoms with Crippen molar-refractivity contribution < 1.29 is 0 Å². The van der Waals surface area contributed by atoms with Crippen LogP contribution in [0.4, 0.5) is 0 Å². The Bertz CT molecular complexity index is 194. The van der Waals surface area contributed by atoms with E-state index in [0.717, 1.165) is 12.8 Å². The van der Waals surface area contributed by atoms with E-state index in [2.05, 4.69) is 31.4 Å². The highest BCUT2D eigenvalue weighted by atomic mass is 13.9. The van der Waals surface area contributed by atoms with E-state index in [4.69, 9.17) is 0 Å². The molecular formula is C16H28. The van der Waals surface area contributed by atoms with Gasteiger partial charge in [0.15, 0.2) is 0 Å². The zero-order chi connectivity index (χ0) is 11.9. The second-order valence-electron chi connectivity index (χ2n) is 4.37. The van der Waals surface area contributed by atoms with Gasteiger partial charge in [-0.25, -0.2) is 0 Å². The minimum atomic E-state index is 1.08. The first-order chi connectivity index (χ1) is 7.91. The Kier molecular flexibility index (Phi) is 13.6. The third kappa shape index (κ3) is 13.3. The van der Waals surface area contributed by atoms with Gasteiger partial charge in [0, 0.05) is 0 Å². The molecule has 92 valence electrons. The molecule has 0 spiro atoms. The van der Waals surface area contributed by atoms with Gasteiger partial charge in [0.25, 0.3) is 0 Å². The highest BCUT2D eigenvalue weighted by molar-refractivity contribution is 4.85. The standard InChI is InChI=1S/C16H28/c1-3-5-7-9-11-13-15-16-14-12-10-8-6-4-2/h5,11,13H,1,4,6-10,12,14-16H2,2H3. The van der Waals surface area contributed by atoms with Gasteiger partial charge in [0.1, 0.15) is 0 Å². The first-order valence-electron chi connectivity index (χ1n) is 6.91. The van der Waals surface area contributed by atoms with Crippen molar-refractivity contribution in [3.63, 3.8) is 0 Å². The minimum Gasteiger partial charge on any atom is -0.133 e. The molecule has 0 N–H and O–H groups in total. The van der Waals surface area contributed by atoms with E-state index >= 15 is 0 Å². The molecular weight excluding hydrogens is 192 g/mol. The SMILES string of the molecule is C=C=CCCC=CCCCCCCCCC. The Morgan fingerprint density at radius 1 is 0.812 bits per heavy atom. The maximum atomic E-state index is 3.54. The molecule has 0 aliphatic rings. The van der Waals surface area contributed by atoms with Crippen LogP contribution in [-0.4, -0.2) is 0 Å². The summed E-state index contributed by atoms with van der Waals surface area (Å²) in [5.74, 6) is 0. The van der Waals surface area contributed by atoms with Crippen LogP contribution in [-0.2, 0) is 0 Å². The Labute approximate surface area is 102 Å². The van der Waals surface area contributed by atoms with Crippen molar-refractivity contribution in [1.82, 2.24) is 0 Å². The van der Waals surface area contributed by atoms with E-state index in [9.17, 15) is 0 Å². The van der Waals surface area contributed by atoms with Gasteiger partial charge in [0.2, 0.25) is 0 Å². The van der Waals surface area contributed by atoms with E-state index in [-0.39, 0.29) is 0 Å².